The van der Waals surface area contributed by atoms with E-state index in [9.17, 15) is 0 Å². The second-order valence-electron chi connectivity index (χ2n) is 5.43. The normalized spacial score (nSPS) is 17.0. The first-order valence-electron chi connectivity index (χ1n) is 7.37. The van der Waals surface area contributed by atoms with Crippen LogP contribution in [-0.2, 0) is 0 Å². The maximum atomic E-state index is 5.72. The number of rotatable bonds is 2. The molecular formula is C19H17NO. The first-order chi connectivity index (χ1) is 10.4. The van der Waals surface area contributed by atoms with Crippen molar-refractivity contribution in [2.24, 2.45) is 0 Å². The molecule has 2 heteroatoms. The number of para-hydroxylation sites is 1. The Balaban J connectivity index is 1.66. The molecule has 0 fully saturated rings. The van der Waals surface area contributed by atoms with Gasteiger partial charge in [0, 0.05) is 17.7 Å². The first-order valence-corrected chi connectivity index (χ1v) is 7.37. The minimum absolute atomic E-state index is 0.316. The molecular weight excluding hydrogens is 258 g/mol. The highest BCUT2D eigenvalue weighted by Gasteiger charge is 2.20. The molecule has 1 atom stereocenters. The van der Waals surface area contributed by atoms with Crippen molar-refractivity contribution in [2.75, 3.05) is 11.9 Å². The molecule has 2 nitrogen and oxygen atoms in total. The maximum Gasteiger partial charge on any atom is 0.124 e. The molecule has 0 saturated carbocycles. The minimum Gasteiger partial charge on any atom is -0.493 e. The van der Waals surface area contributed by atoms with Crippen molar-refractivity contribution in [1.82, 2.24) is 0 Å². The molecule has 0 radical (unpaired) electrons. The van der Waals surface area contributed by atoms with E-state index in [1.807, 2.05) is 12.1 Å². The van der Waals surface area contributed by atoms with Crippen molar-refractivity contribution in [1.29, 1.82) is 0 Å². The van der Waals surface area contributed by atoms with Gasteiger partial charge in [-0.2, -0.15) is 0 Å². The topological polar surface area (TPSA) is 21.3 Å². The van der Waals surface area contributed by atoms with E-state index in [-0.39, 0.29) is 0 Å². The van der Waals surface area contributed by atoms with Crippen LogP contribution in [-0.4, -0.2) is 6.61 Å². The Morgan fingerprint density at radius 2 is 1.67 bits per heavy atom. The van der Waals surface area contributed by atoms with Crippen molar-refractivity contribution >= 4 is 16.5 Å². The number of hydrogen-bond donors (Lipinski definition) is 1. The summed E-state index contributed by atoms with van der Waals surface area (Å²) in [6.45, 7) is 0.766. The highest BCUT2D eigenvalue weighted by Crippen LogP contribution is 2.34. The molecule has 104 valence electrons. The molecule has 0 saturated heterocycles. The standard InChI is InChI=1S/C19H17NO/c1-2-6-15-13-16(10-9-14(15)5-1)20-18-11-12-21-19-8-4-3-7-17(18)19/h1-10,13,18,20H,11-12H2. The van der Waals surface area contributed by atoms with Crippen molar-refractivity contribution in [3.05, 3.63) is 72.3 Å². The molecule has 3 aromatic rings. The van der Waals surface area contributed by atoms with Crippen LogP contribution in [0.4, 0.5) is 5.69 Å². The summed E-state index contributed by atoms with van der Waals surface area (Å²) in [6, 6.07) is 23.6. The lowest BCUT2D eigenvalue weighted by Crippen LogP contribution is -2.20. The van der Waals surface area contributed by atoms with Gasteiger partial charge in [0.25, 0.3) is 0 Å². The van der Waals surface area contributed by atoms with Crippen LogP contribution in [0.15, 0.2) is 66.7 Å². The van der Waals surface area contributed by atoms with Crippen LogP contribution in [0.5, 0.6) is 5.75 Å². The molecule has 1 aliphatic rings. The Kier molecular flexibility index (Phi) is 3.00. The van der Waals surface area contributed by atoms with E-state index in [2.05, 4.69) is 59.9 Å². The van der Waals surface area contributed by atoms with Crippen molar-refractivity contribution < 1.29 is 4.74 Å². The smallest absolute Gasteiger partial charge is 0.124 e. The SMILES string of the molecule is c1ccc2c(c1)OCCC2Nc1ccc2ccccc2c1. The van der Waals surface area contributed by atoms with Crippen LogP contribution < -0.4 is 10.1 Å². The number of benzene rings is 3. The zero-order chi connectivity index (χ0) is 14.1. The third kappa shape index (κ3) is 2.33. The Bertz CT molecular complexity index is 781. The molecule has 0 amide bonds. The molecule has 0 spiro atoms. The third-order valence-corrected chi connectivity index (χ3v) is 4.05. The van der Waals surface area contributed by atoms with Gasteiger partial charge in [0.2, 0.25) is 0 Å². The molecule has 1 aliphatic heterocycles. The van der Waals surface area contributed by atoms with E-state index in [1.165, 1.54) is 16.3 Å². The second-order valence-corrected chi connectivity index (χ2v) is 5.43. The Labute approximate surface area is 124 Å². The lowest BCUT2D eigenvalue weighted by Gasteiger charge is -2.27. The second kappa shape index (κ2) is 5.13. The largest absolute Gasteiger partial charge is 0.493 e. The predicted octanol–water partition coefficient (Wildman–Crippen LogP) is 4.78. The Hall–Kier alpha value is -2.48. The molecule has 21 heavy (non-hydrogen) atoms. The molecule has 3 aromatic carbocycles. The molecule has 0 bridgehead atoms. The molecule has 1 N–H and O–H groups in total. The van der Waals surface area contributed by atoms with Gasteiger partial charge in [0.1, 0.15) is 5.75 Å². The van der Waals surface area contributed by atoms with Gasteiger partial charge in [0.05, 0.1) is 12.6 Å². The van der Waals surface area contributed by atoms with Crippen molar-refractivity contribution in [2.45, 2.75) is 12.5 Å². The summed E-state index contributed by atoms with van der Waals surface area (Å²) in [5.74, 6) is 1.00. The lowest BCUT2D eigenvalue weighted by molar-refractivity contribution is 0.274. The molecule has 1 heterocycles. The van der Waals surface area contributed by atoms with E-state index < -0.39 is 0 Å². The number of ether oxygens (including phenoxy) is 1. The molecule has 0 aromatic heterocycles. The maximum absolute atomic E-state index is 5.72. The Morgan fingerprint density at radius 1 is 0.857 bits per heavy atom. The number of anilines is 1. The average molecular weight is 275 g/mol. The number of fused-ring (bicyclic) bond motifs is 2. The summed E-state index contributed by atoms with van der Waals surface area (Å²) in [6.07, 6.45) is 0.990. The van der Waals surface area contributed by atoms with E-state index in [4.69, 9.17) is 4.74 Å². The third-order valence-electron chi connectivity index (χ3n) is 4.05. The molecule has 0 aliphatic carbocycles. The highest BCUT2D eigenvalue weighted by atomic mass is 16.5. The summed E-state index contributed by atoms with van der Waals surface area (Å²) >= 11 is 0. The van der Waals surface area contributed by atoms with Crippen LogP contribution in [0.25, 0.3) is 10.8 Å². The van der Waals surface area contributed by atoms with Gasteiger partial charge < -0.3 is 10.1 Å². The monoisotopic (exact) mass is 275 g/mol. The van der Waals surface area contributed by atoms with Crippen molar-refractivity contribution in [3.63, 3.8) is 0 Å². The molecule has 4 rings (SSSR count). The Morgan fingerprint density at radius 3 is 2.62 bits per heavy atom. The summed E-state index contributed by atoms with van der Waals surface area (Å²) < 4.78 is 5.72. The van der Waals surface area contributed by atoms with Gasteiger partial charge in [-0.05, 0) is 29.0 Å². The number of nitrogens with one attached hydrogen (secondary N) is 1. The van der Waals surface area contributed by atoms with Crippen LogP contribution in [0, 0.1) is 0 Å². The van der Waals surface area contributed by atoms with E-state index in [0.29, 0.717) is 6.04 Å². The zero-order valence-electron chi connectivity index (χ0n) is 11.8. The fourth-order valence-electron chi connectivity index (χ4n) is 2.97. The summed E-state index contributed by atoms with van der Waals surface area (Å²) in [5, 5.41) is 6.19. The quantitative estimate of drug-likeness (QED) is 0.727. The van der Waals surface area contributed by atoms with Crippen molar-refractivity contribution in [3.8, 4) is 5.75 Å². The van der Waals surface area contributed by atoms with E-state index in [0.717, 1.165) is 24.5 Å². The summed E-state index contributed by atoms with van der Waals surface area (Å²) in [7, 11) is 0. The first kappa shape index (κ1) is 12.3. The van der Waals surface area contributed by atoms with Gasteiger partial charge in [-0.25, -0.2) is 0 Å². The van der Waals surface area contributed by atoms with E-state index >= 15 is 0 Å². The predicted molar refractivity (Wildman–Crippen MR) is 86.9 cm³/mol. The fraction of sp³-hybridized carbons (Fsp3) is 0.158. The summed E-state index contributed by atoms with van der Waals surface area (Å²) in [4.78, 5) is 0. The van der Waals surface area contributed by atoms with Gasteiger partial charge in [-0.3, -0.25) is 0 Å². The van der Waals surface area contributed by atoms with Crippen LogP contribution in [0.3, 0.4) is 0 Å². The molecule has 1 unspecified atom stereocenters. The minimum atomic E-state index is 0.316. The van der Waals surface area contributed by atoms with Gasteiger partial charge in [0.15, 0.2) is 0 Å². The van der Waals surface area contributed by atoms with Gasteiger partial charge >= 0.3 is 0 Å². The number of hydrogen-bond acceptors (Lipinski definition) is 2. The van der Waals surface area contributed by atoms with Crippen LogP contribution in [0.1, 0.15) is 18.0 Å². The lowest BCUT2D eigenvalue weighted by atomic mass is 10.00. The van der Waals surface area contributed by atoms with E-state index in [1.54, 1.807) is 0 Å². The van der Waals surface area contributed by atoms with Gasteiger partial charge in [-0.1, -0.05) is 48.5 Å². The highest BCUT2D eigenvalue weighted by molar-refractivity contribution is 5.85. The summed E-state index contributed by atoms with van der Waals surface area (Å²) in [5.41, 5.74) is 2.41. The van der Waals surface area contributed by atoms with Gasteiger partial charge in [-0.15, -0.1) is 0 Å². The average Bonchev–Trinajstić information content (AvgIpc) is 2.55. The van der Waals surface area contributed by atoms with Crippen LogP contribution >= 0.6 is 0 Å². The fourth-order valence-corrected chi connectivity index (χ4v) is 2.97. The van der Waals surface area contributed by atoms with Crippen LogP contribution in [0.2, 0.25) is 0 Å². The zero-order valence-corrected chi connectivity index (χ0v) is 11.8.